The predicted octanol–water partition coefficient (Wildman–Crippen LogP) is 6.84. The van der Waals surface area contributed by atoms with Crippen molar-refractivity contribution in [1.29, 1.82) is 0 Å². The second-order valence-corrected chi connectivity index (χ2v) is 26.1. The maximum absolute atomic E-state index is 13.5. The molecule has 18 atom stereocenters. The van der Waals surface area contributed by atoms with Gasteiger partial charge in [0.15, 0.2) is 12.6 Å². The first-order valence-electron chi connectivity index (χ1n) is 35.7. The number of aliphatic hydroxyl groups is 11. The lowest BCUT2D eigenvalue weighted by molar-refractivity contribution is -0.386. The average Bonchev–Trinajstić information content (AvgIpc) is 0.779. The number of nitrogens with one attached hydrogen (secondary N) is 2. The van der Waals surface area contributed by atoms with Crippen LogP contribution in [-0.2, 0) is 42.8 Å². The average molecular weight is 1320 g/mol. The first kappa shape index (κ1) is 83.4. The van der Waals surface area contributed by atoms with Crippen LogP contribution < -0.4 is 10.6 Å². The normalized spacial score (nSPS) is 28.3. The molecule has 0 aliphatic carbocycles. The molecule has 0 bridgehead atoms. The Morgan fingerprint density at radius 3 is 1.48 bits per heavy atom. The Morgan fingerprint density at radius 1 is 0.565 bits per heavy atom. The summed E-state index contributed by atoms with van der Waals surface area (Å²) in [5.41, 5.74) is 0. The summed E-state index contributed by atoms with van der Waals surface area (Å²) in [6.07, 6.45) is 20.7. The van der Waals surface area contributed by atoms with E-state index in [1.165, 1.54) is 141 Å². The third-order valence-corrected chi connectivity index (χ3v) is 18.1. The molecule has 0 aromatic rings. The minimum atomic E-state index is -3.08. The number of rotatable bonds is 54. The summed E-state index contributed by atoms with van der Waals surface area (Å²) < 4.78 is 34.8. The van der Waals surface area contributed by atoms with Gasteiger partial charge in [-0.2, -0.15) is 0 Å². The molecule has 23 heteroatoms. The van der Waals surface area contributed by atoms with Crippen LogP contribution in [0.15, 0.2) is 24.3 Å². The number of aliphatic carboxylic acids is 1. The van der Waals surface area contributed by atoms with Gasteiger partial charge in [0.1, 0.15) is 67.1 Å². The van der Waals surface area contributed by atoms with E-state index in [4.69, 9.17) is 28.4 Å². The lowest BCUT2D eigenvalue weighted by Crippen LogP contribution is -2.70. The summed E-state index contributed by atoms with van der Waals surface area (Å²) >= 11 is 0. The van der Waals surface area contributed by atoms with Crippen LogP contribution in [0.1, 0.15) is 258 Å². The molecule has 23 nitrogen and oxygen atoms in total. The number of carboxylic acids is 1. The van der Waals surface area contributed by atoms with Crippen molar-refractivity contribution in [1.82, 2.24) is 10.6 Å². The number of amides is 2. The SMILES string of the molecule is CCCCCCCCCCCCC/C=C\CCCCCCCCCC(=O)NC(COC1OC(CO)C(OC2OC(CO)C(O)C(OC3(C(=O)O)CC(O)C(NC(C)=O)C(C(O)C(O)CO)O3)C2O)C(O)C1O)C(O)/C=C/CCCCCCCCCCCCCCCC. The fourth-order valence-electron chi connectivity index (χ4n) is 12.4. The molecular weight excluding hydrogens is 1190 g/mol. The third-order valence-electron chi connectivity index (χ3n) is 18.1. The molecule has 0 saturated carbocycles. The summed E-state index contributed by atoms with van der Waals surface area (Å²) in [6, 6.07) is -2.62. The number of unbranched alkanes of at least 4 members (excludes halogenated alkanes) is 32. The maximum Gasteiger partial charge on any atom is 0.364 e. The molecule has 0 radical (unpaired) electrons. The van der Waals surface area contributed by atoms with Crippen molar-refractivity contribution in [2.24, 2.45) is 0 Å². The zero-order valence-electron chi connectivity index (χ0n) is 56.2. The first-order valence-corrected chi connectivity index (χ1v) is 35.7. The van der Waals surface area contributed by atoms with E-state index >= 15 is 0 Å². The van der Waals surface area contributed by atoms with Gasteiger partial charge < -0.3 is 100 Å². The maximum atomic E-state index is 13.5. The Hall–Kier alpha value is -2.79. The Kier molecular flexibility index (Phi) is 45.1. The van der Waals surface area contributed by atoms with Crippen LogP contribution in [0.2, 0.25) is 0 Å². The molecule has 3 heterocycles. The smallest absolute Gasteiger partial charge is 0.364 e. The Balaban J connectivity index is 1.59. The number of carboxylic acid groups (broad SMARTS) is 1. The summed E-state index contributed by atoms with van der Waals surface area (Å²) in [6.45, 7) is 2.14. The van der Waals surface area contributed by atoms with E-state index in [9.17, 15) is 75.7 Å². The summed E-state index contributed by atoms with van der Waals surface area (Å²) in [5.74, 6) is -6.15. The molecule has 92 heavy (non-hydrogen) atoms. The summed E-state index contributed by atoms with van der Waals surface area (Å²) in [7, 11) is 0. The van der Waals surface area contributed by atoms with Crippen LogP contribution in [-0.4, -0.2) is 215 Å². The molecule has 18 unspecified atom stereocenters. The molecule has 0 aromatic carbocycles. The van der Waals surface area contributed by atoms with Gasteiger partial charge in [0.25, 0.3) is 5.79 Å². The standard InChI is InChI=1S/C69H126N2O21/c1-4-6-8-10-12-14-16-18-20-22-23-24-25-26-27-29-31-33-35-37-39-41-43-56(79)71-50(51(76)42-40-38-36-34-32-30-28-21-19-17-15-13-11-9-7-5-2)48-87-66-61(83)60(82)63(55(47-74)89-66)90-67-62(84)65(59(81)54(46-73)88-67)92-69(68(85)86)44-52(77)57(70-49(3)75)64(91-69)58(80)53(78)45-72/h25-26,40,42,50-55,57-67,72-74,76-78,80-84H,4-24,27-39,41,43-48H2,1-3H3,(H,70,75)(H,71,79)(H,85,86)/b26-25-,42-40+. The Bertz CT molecular complexity index is 1960. The molecule has 0 aromatic heterocycles. The van der Waals surface area contributed by atoms with Crippen LogP contribution in [0.5, 0.6) is 0 Å². The van der Waals surface area contributed by atoms with Gasteiger partial charge in [-0.15, -0.1) is 0 Å². The molecular formula is C69H126N2O21. The minimum absolute atomic E-state index is 0.196. The monoisotopic (exact) mass is 1320 g/mol. The quantitative estimate of drug-likeness (QED) is 0.0219. The van der Waals surface area contributed by atoms with E-state index in [2.05, 4.69) is 36.6 Å². The number of hydrogen-bond acceptors (Lipinski definition) is 20. The van der Waals surface area contributed by atoms with Crippen molar-refractivity contribution in [3.8, 4) is 0 Å². The van der Waals surface area contributed by atoms with Gasteiger partial charge in [-0.1, -0.05) is 218 Å². The highest BCUT2D eigenvalue weighted by atomic mass is 16.8. The molecule has 3 aliphatic heterocycles. The van der Waals surface area contributed by atoms with Gasteiger partial charge in [-0.05, 0) is 44.9 Å². The van der Waals surface area contributed by atoms with E-state index in [1.54, 1.807) is 6.08 Å². The summed E-state index contributed by atoms with van der Waals surface area (Å²) in [4.78, 5) is 38.6. The molecule has 3 rings (SSSR count). The lowest BCUT2D eigenvalue weighted by atomic mass is 9.88. The van der Waals surface area contributed by atoms with Gasteiger partial charge in [0.05, 0.1) is 50.7 Å². The molecule has 3 saturated heterocycles. The highest BCUT2D eigenvalue weighted by molar-refractivity contribution is 5.77. The Labute approximate surface area is 549 Å². The van der Waals surface area contributed by atoms with Crippen LogP contribution in [0.25, 0.3) is 0 Å². The van der Waals surface area contributed by atoms with Crippen molar-refractivity contribution < 1.29 is 104 Å². The van der Waals surface area contributed by atoms with Crippen LogP contribution in [0.3, 0.4) is 0 Å². The first-order chi connectivity index (χ1) is 44.4. The highest BCUT2D eigenvalue weighted by Crippen LogP contribution is 2.39. The van der Waals surface area contributed by atoms with E-state index < -0.39 is 155 Å². The number of ether oxygens (including phenoxy) is 6. The number of aliphatic hydroxyl groups excluding tert-OH is 11. The Morgan fingerprint density at radius 2 is 1.02 bits per heavy atom. The zero-order chi connectivity index (χ0) is 67.5. The topological polar surface area (TPSA) is 373 Å². The molecule has 0 spiro atoms. The van der Waals surface area contributed by atoms with E-state index in [0.29, 0.717) is 12.8 Å². The van der Waals surface area contributed by atoms with Crippen molar-refractivity contribution in [3.05, 3.63) is 24.3 Å². The second kappa shape index (κ2) is 49.7. The summed E-state index contributed by atoms with van der Waals surface area (Å²) in [5, 5.41) is 136. The van der Waals surface area contributed by atoms with Gasteiger partial charge in [-0.3, -0.25) is 9.59 Å². The number of carbonyl (C=O) groups is 3. The van der Waals surface area contributed by atoms with Crippen LogP contribution in [0.4, 0.5) is 0 Å². The van der Waals surface area contributed by atoms with E-state index in [0.717, 1.165) is 77.6 Å². The van der Waals surface area contributed by atoms with Crippen molar-refractivity contribution in [2.75, 3.05) is 26.4 Å². The number of carbonyl (C=O) groups excluding carboxylic acids is 2. The lowest BCUT2D eigenvalue weighted by Gasteiger charge is -2.50. The fraction of sp³-hybridized carbons (Fsp3) is 0.899. The largest absolute Gasteiger partial charge is 0.477 e. The van der Waals surface area contributed by atoms with Gasteiger partial charge >= 0.3 is 5.97 Å². The third kappa shape index (κ3) is 31.6. The van der Waals surface area contributed by atoms with Gasteiger partial charge in [0, 0.05) is 19.8 Å². The molecule has 14 N–H and O–H groups in total. The molecule has 2 amide bonds. The number of hydrogen-bond donors (Lipinski definition) is 14. The van der Waals surface area contributed by atoms with Crippen molar-refractivity contribution in [3.63, 3.8) is 0 Å². The number of allylic oxidation sites excluding steroid dienone is 3. The van der Waals surface area contributed by atoms with Crippen molar-refractivity contribution >= 4 is 17.8 Å². The van der Waals surface area contributed by atoms with Gasteiger partial charge in [0.2, 0.25) is 11.8 Å². The predicted molar refractivity (Wildman–Crippen MR) is 348 cm³/mol. The second-order valence-electron chi connectivity index (χ2n) is 26.1. The molecule has 3 fully saturated rings. The molecule has 538 valence electrons. The van der Waals surface area contributed by atoms with E-state index in [1.807, 2.05) is 6.08 Å². The zero-order valence-corrected chi connectivity index (χ0v) is 56.2. The van der Waals surface area contributed by atoms with Gasteiger partial charge in [-0.25, -0.2) is 4.79 Å². The fourth-order valence-corrected chi connectivity index (χ4v) is 12.4. The minimum Gasteiger partial charge on any atom is -0.477 e. The highest BCUT2D eigenvalue weighted by Gasteiger charge is 2.60. The molecule has 3 aliphatic rings. The van der Waals surface area contributed by atoms with Crippen LogP contribution in [0, 0.1) is 0 Å². The van der Waals surface area contributed by atoms with Crippen LogP contribution >= 0.6 is 0 Å². The van der Waals surface area contributed by atoms with E-state index in [-0.39, 0.29) is 12.3 Å². The van der Waals surface area contributed by atoms with Crippen molar-refractivity contribution in [2.45, 2.75) is 368 Å².